The SMILES string of the molecule is COC(CNC(=O)c1ccc2ncsc2c1)c1ccsc1. The molecule has 0 saturated carbocycles. The molecule has 6 heteroatoms. The number of hydrogen-bond acceptors (Lipinski definition) is 5. The van der Waals surface area contributed by atoms with Gasteiger partial charge in [0.15, 0.2) is 0 Å². The first-order valence-electron chi connectivity index (χ1n) is 6.44. The standard InChI is InChI=1S/C15H14N2O2S2/c1-19-13(11-4-5-20-8-11)7-16-15(18)10-2-3-12-14(6-10)21-9-17-12/h2-6,8-9,13H,7H2,1H3,(H,16,18). The van der Waals surface area contributed by atoms with E-state index in [0.717, 1.165) is 15.8 Å². The Morgan fingerprint density at radius 2 is 2.33 bits per heavy atom. The lowest BCUT2D eigenvalue weighted by atomic mass is 10.1. The molecule has 3 rings (SSSR count). The van der Waals surface area contributed by atoms with Crippen LogP contribution in [-0.2, 0) is 4.74 Å². The maximum absolute atomic E-state index is 12.2. The third-order valence-corrected chi connectivity index (χ3v) is 4.73. The van der Waals surface area contributed by atoms with Crippen LogP contribution in [0.4, 0.5) is 0 Å². The number of thiazole rings is 1. The lowest BCUT2D eigenvalue weighted by Crippen LogP contribution is -2.28. The van der Waals surface area contributed by atoms with Crippen molar-refractivity contribution in [3.05, 3.63) is 51.7 Å². The highest BCUT2D eigenvalue weighted by Crippen LogP contribution is 2.20. The summed E-state index contributed by atoms with van der Waals surface area (Å²) in [5.74, 6) is -0.0948. The molecule has 2 aromatic heterocycles. The van der Waals surface area contributed by atoms with Gasteiger partial charge in [-0.15, -0.1) is 11.3 Å². The number of methoxy groups -OCH3 is 1. The number of nitrogens with zero attached hydrogens (tertiary/aromatic N) is 1. The first-order chi connectivity index (χ1) is 10.3. The molecular weight excluding hydrogens is 304 g/mol. The van der Waals surface area contributed by atoms with E-state index in [9.17, 15) is 4.79 Å². The summed E-state index contributed by atoms with van der Waals surface area (Å²) in [5, 5.41) is 6.95. The van der Waals surface area contributed by atoms with Crippen molar-refractivity contribution < 1.29 is 9.53 Å². The largest absolute Gasteiger partial charge is 0.375 e. The van der Waals surface area contributed by atoms with Crippen molar-refractivity contribution in [1.82, 2.24) is 10.3 Å². The minimum atomic E-state index is -0.118. The highest BCUT2D eigenvalue weighted by atomic mass is 32.1. The lowest BCUT2D eigenvalue weighted by molar-refractivity contribution is 0.0829. The number of thiophene rings is 1. The zero-order chi connectivity index (χ0) is 14.7. The number of aromatic nitrogens is 1. The predicted octanol–water partition coefficient (Wildman–Crippen LogP) is 3.48. The molecule has 3 aromatic rings. The van der Waals surface area contributed by atoms with Crippen molar-refractivity contribution in [2.24, 2.45) is 0 Å². The Kier molecular flexibility index (Phi) is 4.28. The summed E-state index contributed by atoms with van der Waals surface area (Å²) in [4.78, 5) is 16.4. The fraction of sp³-hybridized carbons (Fsp3) is 0.200. The van der Waals surface area contributed by atoms with E-state index in [1.54, 1.807) is 30.0 Å². The molecule has 1 aromatic carbocycles. The Labute approximate surface area is 130 Å². The van der Waals surface area contributed by atoms with E-state index in [-0.39, 0.29) is 12.0 Å². The second-order valence-electron chi connectivity index (χ2n) is 4.53. The van der Waals surface area contributed by atoms with E-state index >= 15 is 0 Å². The summed E-state index contributed by atoms with van der Waals surface area (Å²) in [6.07, 6.45) is -0.118. The Hall–Kier alpha value is -1.76. The van der Waals surface area contributed by atoms with Gasteiger partial charge in [0.05, 0.1) is 15.7 Å². The third kappa shape index (κ3) is 3.12. The van der Waals surface area contributed by atoms with Gasteiger partial charge in [0, 0.05) is 19.2 Å². The van der Waals surface area contributed by atoms with Crippen molar-refractivity contribution in [3.63, 3.8) is 0 Å². The average molecular weight is 318 g/mol. The third-order valence-electron chi connectivity index (χ3n) is 3.24. The molecule has 108 valence electrons. The van der Waals surface area contributed by atoms with E-state index in [1.165, 1.54) is 11.3 Å². The fourth-order valence-electron chi connectivity index (χ4n) is 2.08. The molecule has 1 N–H and O–H groups in total. The number of amides is 1. The van der Waals surface area contributed by atoms with Crippen LogP contribution in [0, 0.1) is 0 Å². The number of carbonyl (C=O) groups is 1. The van der Waals surface area contributed by atoms with E-state index in [0.29, 0.717) is 12.1 Å². The Morgan fingerprint density at radius 1 is 1.43 bits per heavy atom. The van der Waals surface area contributed by atoms with Crippen LogP contribution >= 0.6 is 22.7 Å². The molecule has 0 aliphatic carbocycles. The molecule has 1 atom stereocenters. The summed E-state index contributed by atoms with van der Waals surface area (Å²) in [5.41, 5.74) is 4.43. The molecule has 1 unspecified atom stereocenters. The van der Waals surface area contributed by atoms with Crippen LogP contribution in [0.1, 0.15) is 22.0 Å². The molecular formula is C15H14N2O2S2. The van der Waals surface area contributed by atoms with Gasteiger partial charge in [-0.3, -0.25) is 4.79 Å². The maximum atomic E-state index is 12.2. The van der Waals surface area contributed by atoms with Crippen molar-refractivity contribution in [2.75, 3.05) is 13.7 Å². The first-order valence-corrected chi connectivity index (χ1v) is 8.26. The Balaban J connectivity index is 1.68. The van der Waals surface area contributed by atoms with Gasteiger partial charge in [0.1, 0.15) is 6.10 Å². The number of fused-ring (bicyclic) bond motifs is 1. The number of rotatable bonds is 5. The van der Waals surface area contributed by atoms with Gasteiger partial charge in [-0.1, -0.05) is 0 Å². The van der Waals surface area contributed by atoms with Gasteiger partial charge < -0.3 is 10.1 Å². The smallest absolute Gasteiger partial charge is 0.251 e. The first kappa shape index (κ1) is 14.2. The van der Waals surface area contributed by atoms with E-state index in [1.807, 2.05) is 29.0 Å². The van der Waals surface area contributed by atoms with Crippen LogP contribution in [-0.4, -0.2) is 24.5 Å². The molecule has 0 spiro atoms. The van der Waals surface area contributed by atoms with Gasteiger partial charge in [0.2, 0.25) is 0 Å². The molecule has 0 bridgehead atoms. The lowest BCUT2D eigenvalue weighted by Gasteiger charge is -2.15. The Morgan fingerprint density at radius 3 is 3.10 bits per heavy atom. The van der Waals surface area contributed by atoms with Crippen molar-refractivity contribution in [3.8, 4) is 0 Å². The molecule has 0 aliphatic heterocycles. The summed E-state index contributed by atoms with van der Waals surface area (Å²) in [7, 11) is 1.65. The zero-order valence-electron chi connectivity index (χ0n) is 11.4. The minimum absolute atomic E-state index is 0.0948. The van der Waals surface area contributed by atoms with Gasteiger partial charge in [-0.05, 0) is 40.6 Å². The van der Waals surface area contributed by atoms with E-state index in [2.05, 4.69) is 10.3 Å². The average Bonchev–Trinajstić information content (AvgIpc) is 3.18. The van der Waals surface area contributed by atoms with Crippen molar-refractivity contribution >= 4 is 38.8 Å². The van der Waals surface area contributed by atoms with Crippen LogP contribution in [0.15, 0.2) is 40.5 Å². The molecule has 0 radical (unpaired) electrons. The van der Waals surface area contributed by atoms with E-state index < -0.39 is 0 Å². The summed E-state index contributed by atoms with van der Waals surface area (Å²) in [6.45, 7) is 0.451. The number of benzene rings is 1. The van der Waals surface area contributed by atoms with Crippen LogP contribution in [0.2, 0.25) is 0 Å². The number of nitrogens with one attached hydrogen (secondary N) is 1. The molecule has 0 fully saturated rings. The van der Waals surface area contributed by atoms with E-state index in [4.69, 9.17) is 4.74 Å². The van der Waals surface area contributed by atoms with Crippen LogP contribution < -0.4 is 5.32 Å². The monoisotopic (exact) mass is 318 g/mol. The zero-order valence-corrected chi connectivity index (χ0v) is 13.0. The van der Waals surface area contributed by atoms with Gasteiger partial charge in [-0.2, -0.15) is 11.3 Å². The topological polar surface area (TPSA) is 51.2 Å². The minimum Gasteiger partial charge on any atom is -0.375 e. The van der Waals surface area contributed by atoms with Gasteiger partial charge in [0.25, 0.3) is 5.91 Å². The summed E-state index contributed by atoms with van der Waals surface area (Å²) in [6, 6.07) is 7.54. The molecule has 4 nitrogen and oxygen atoms in total. The molecule has 21 heavy (non-hydrogen) atoms. The van der Waals surface area contributed by atoms with Crippen LogP contribution in [0.25, 0.3) is 10.2 Å². The van der Waals surface area contributed by atoms with Crippen LogP contribution in [0.3, 0.4) is 0 Å². The fourth-order valence-corrected chi connectivity index (χ4v) is 3.50. The Bertz CT molecular complexity index is 737. The quantitative estimate of drug-likeness (QED) is 0.783. The number of hydrogen-bond donors (Lipinski definition) is 1. The molecule has 0 saturated heterocycles. The number of ether oxygens (including phenoxy) is 1. The van der Waals surface area contributed by atoms with Gasteiger partial charge >= 0.3 is 0 Å². The maximum Gasteiger partial charge on any atom is 0.251 e. The van der Waals surface area contributed by atoms with Crippen LogP contribution in [0.5, 0.6) is 0 Å². The normalized spacial score (nSPS) is 12.4. The molecule has 1 amide bonds. The summed E-state index contributed by atoms with van der Waals surface area (Å²) >= 11 is 3.15. The predicted molar refractivity (Wildman–Crippen MR) is 86.0 cm³/mol. The summed E-state index contributed by atoms with van der Waals surface area (Å²) < 4.78 is 6.44. The van der Waals surface area contributed by atoms with Crippen molar-refractivity contribution in [2.45, 2.75) is 6.10 Å². The van der Waals surface area contributed by atoms with Gasteiger partial charge in [-0.25, -0.2) is 4.98 Å². The molecule has 2 heterocycles. The second kappa shape index (κ2) is 6.34. The molecule has 0 aliphatic rings. The number of carbonyl (C=O) groups excluding carboxylic acids is 1. The highest BCUT2D eigenvalue weighted by molar-refractivity contribution is 7.16. The highest BCUT2D eigenvalue weighted by Gasteiger charge is 2.13. The second-order valence-corrected chi connectivity index (χ2v) is 6.19. The van der Waals surface area contributed by atoms with Crippen molar-refractivity contribution in [1.29, 1.82) is 0 Å².